The predicted octanol–water partition coefficient (Wildman–Crippen LogP) is 4.12. The summed E-state index contributed by atoms with van der Waals surface area (Å²) in [6.45, 7) is 7.05. The number of pyridine rings is 1. The first-order valence-corrected chi connectivity index (χ1v) is 12.8. The number of aromatic nitrogens is 5. The molecule has 1 saturated carbocycles. The van der Waals surface area contributed by atoms with Gasteiger partial charge in [0.25, 0.3) is 11.5 Å². The molecule has 0 unspecified atom stereocenters. The maximum Gasteiger partial charge on any atom is 0.332 e. The number of ether oxygens (including phenoxy) is 1. The molecule has 0 bridgehead atoms. The molecule has 5 rings (SSSR count). The molecule has 1 aliphatic carbocycles. The van der Waals surface area contributed by atoms with Crippen molar-refractivity contribution in [1.29, 1.82) is 0 Å². The van der Waals surface area contributed by atoms with Crippen LogP contribution < -0.4 is 16.0 Å². The second kappa shape index (κ2) is 10.4. The quantitative estimate of drug-likeness (QED) is 0.295. The second-order valence-electron chi connectivity index (χ2n) is 10.0. The van der Waals surface area contributed by atoms with E-state index in [1.165, 1.54) is 22.9 Å². The van der Waals surface area contributed by atoms with E-state index < -0.39 is 28.9 Å². The molecule has 3 aromatic heterocycles. The fourth-order valence-corrected chi connectivity index (χ4v) is 4.68. The van der Waals surface area contributed by atoms with Gasteiger partial charge in [-0.3, -0.25) is 13.9 Å². The smallest absolute Gasteiger partial charge is 0.332 e. The second-order valence-corrected chi connectivity index (χ2v) is 10.0. The van der Waals surface area contributed by atoms with Crippen molar-refractivity contribution in [1.82, 2.24) is 23.7 Å². The summed E-state index contributed by atoms with van der Waals surface area (Å²) < 4.78 is 50.8. The normalized spacial score (nSPS) is 16.0. The van der Waals surface area contributed by atoms with Gasteiger partial charge in [0.15, 0.2) is 11.2 Å². The molecular formula is C28H28F3N5O4. The Labute approximate surface area is 226 Å². The van der Waals surface area contributed by atoms with Crippen molar-refractivity contribution in [3.05, 3.63) is 87.2 Å². The first-order chi connectivity index (χ1) is 19.0. The molecule has 1 aromatic carbocycles. The zero-order valence-corrected chi connectivity index (χ0v) is 22.0. The molecule has 1 N–H and O–H groups in total. The lowest BCUT2D eigenvalue weighted by Crippen LogP contribution is -2.41. The maximum absolute atomic E-state index is 13.8. The van der Waals surface area contributed by atoms with Crippen LogP contribution in [0.5, 0.6) is 5.88 Å². The average Bonchev–Trinajstić information content (AvgIpc) is 3.40. The van der Waals surface area contributed by atoms with Crippen molar-refractivity contribution in [2.24, 2.45) is 5.92 Å². The Bertz CT molecular complexity index is 1710. The summed E-state index contributed by atoms with van der Waals surface area (Å²) in [6.07, 6.45) is 1.24. The minimum Gasteiger partial charge on any atom is -0.443 e. The highest BCUT2D eigenvalue weighted by Gasteiger charge is 2.59. The number of hydrogen-bond donors (Lipinski definition) is 1. The minimum absolute atomic E-state index is 0.00936. The molecular weight excluding hydrogens is 527 g/mol. The summed E-state index contributed by atoms with van der Waals surface area (Å²) in [6, 6.07) is 8.53. The summed E-state index contributed by atoms with van der Waals surface area (Å²) in [7, 11) is 0. The molecule has 0 aliphatic heterocycles. The van der Waals surface area contributed by atoms with Crippen LogP contribution in [0.4, 0.5) is 13.2 Å². The number of benzene rings is 1. The van der Waals surface area contributed by atoms with Crippen LogP contribution in [0.3, 0.4) is 0 Å². The zero-order chi connectivity index (χ0) is 28.8. The topological polar surface area (TPSA) is 104 Å². The van der Waals surface area contributed by atoms with Crippen LogP contribution in [0, 0.1) is 11.7 Å². The van der Waals surface area contributed by atoms with E-state index in [0.717, 1.165) is 4.57 Å². The van der Waals surface area contributed by atoms with Crippen LogP contribution in [0.25, 0.3) is 22.6 Å². The zero-order valence-electron chi connectivity index (χ0n) is 22.0. The van der Waals surface area contributed by atoms with Gasteiger partial charge in [-0.15, -0.1) is 0 Å². The molecule has 40 heavy (non-hydrogen) atoms. The molecule has 0 radical (unpaired) electrons. The highest BCUT2D eigenvalue weighted by Crippen LogP contribution is 2.52. The van der Waals surface area contributed by atoms with Gasteiger partial charge in [-0.1, -0.05) is 18.7 Å². The van der Waals surface area contributed by atoms with Crippen LogP contribution in [0.15, 0.2) is 64.5 Å². The largest absolute Gasteiger partial charge is 0.443 e. The third-order valence-corrected chi connectivity index (χ3v) is 6.83. The number of hydrogen-bond acceptors (Lipinski definition) is 6. The Kier molecular flexibility index (Phi) is 7.13. The van der Waals surface area contributed by atoms with Gasteiger partial charge >= 0.3 is 5.69 Å². The van der Waals surface area contributed by atoms with E-state index in [1.807, 2.05) is 0 Å². The standard InChI is InChI=1S/C28H28F3N5O4/c1-16(2)36-24-22(26(38)34(27(36)39)12-5-13-37)35(15-18-7-9-19(29)10-8-18)23(33-24)20-6-4-11-32-25(20)40-17(3)21-14-28(21,30)31/h4,6-11,16,21,37H,3,5,12-15H2,1-2H3/t21-/m0/s1. The summed E-state index contributed by atoms with van der Waals surface area (Å²) in [5.41, 5.74) is -0.0443. The molecule has 0 spiro atoms. The number of aliphatic hydroxyl groups is 1. The molecule has 4 aromatic rings. The van der Waals surface area contributed by atoms with E-state index in [2.05, 4.69) is 11.6 Å². The molecule has 9 nitrogen and oxygen atoms in total. The Hall–Kier alpha value is -4.19. The van der Waals surface area contributed by atoms with E-state index in [9.17, 15) is 27.9 Å². The van der Waals surface area contributed by atoms with Crippen LogP contribution in [-0.4, -0.2) is 41.3 Å². The van der Waals surface area contributed by atoms with Crippen molar-refractivity contribution in [2.75, 3.05) is 6.61 Å². The highest BCUT2D eigenvalue weighted by molar-refractivity contribution is 5.78. The molecule has 3 heterocycles. The first-order valence-electron chi connectivity index (χ1n) is 12.8. The van der Waals surface area contributed by atoms with Gasteiger partial charge in [0.05, 0.1) is 11.5 Å². The van der Waals surface area contributed by atoms with Gasteiger partial charge < -0.3 is 14.4 Å². The fraction of sp³-hybridized carbons (Fsp3) is 0.357. The van der Waals surface area contributed by atoms with Crippen molar-refractivity contribution >= 4 is 11.2 Å². The number of imidazole rings is 1. The average molecular weight is 556 g/mol. The summed E-state index contributed by atoms with van der Waals surface area (Å²) in [4.78, 5) is 36.1. The molecule has 1 atom stereocenters. The molecule has 210 valence electrons. The Morgan fingerprint density at radius 1 is 1.20 bits per heavy atom. The lowest BCUT2D eigenvalue weighted by Gasteiger charge is -2.15. The summed E-state index contributed by atoms with van der Waals surface area (Å²) in [5.74, 6) is -4.44. The van der Waals surface area contributed by atoms with Gasteiger partial charge in [-0.2, -0.15) is 0 Å². The van der Waals surface area contributed by atoms with Gasteiger partial charge in [0.2, 0.25) is 5.88 Å². The molecule has 0 saturated heterocycles. The number of halogens is 3. The van der Waals surface area contributed by atoms with Crippen LogP contribution in [0.1, 0.15) is 38.3 Å². The van der Waals surface area contributed by atoms with Crippen molar-refractivity contribution in [3.63, 3.8) is 0 Å². The number of rotatable bonds is 10. The van der Waals surface area contributed by atoms with Gasteiger partial charge in [0, 0.05) is 38.4 Å². The summed E-state index contributed by atoms with van der Waals surface area (Å²) in [5, 5.41) is 9.36. The maximum atomic E-state index is 13.8. The van der Waals surface area contributed by atoms with Crippen molar-refractivity contribution in [2.45, 2.75) is 51.7 Å². The lowest BCUT2D eigenvalue weighted by atomic mass is 10.2. The SMILES string of the molecule is C=C(Oc1ncccc1-c1nc2c(c(=O)n(CCCO)c(=O)n2C(C)C)n1Cc1ccc(F)cc1)[C@@H]1CC1(F)F. The van der Waals surface area contributed by atoms with E-state index in [-0.39, 0.29) is 72.8 Å². The third-order valence-electron chi connectivity index (χ3n) is 6.83. The van der Waals surface area contributed by atoms with Gasteiger partial charge in [-0.05, 0) is 50.1 Å². The molecule has 0 amide bonds. The van der Waals surface area contributed by atoms with Gasteiger partial charge in [-0.25, -0.2) is 27.9 Å². The molecule has 1 aliphatic rings. The van der Waals surface area contributed by atoms with Crippen molar-refractivity contribution < 1.29 is 23.0 Å². The van der Waals surface area contributed by atoms with E-state index >= 15 is 0 Å². The lowest BCUT2D eigenvalue weighted by molar-refractivity contribution is 0.0981. The highest BCUT2D eigenvalue weighted by atomic mass is 19.3. The van der Waals surface area contributed by atoms with E-state index in [0.29, 0.717) is 5.56 Å². The number of aliphatic hydroxyl groups excluding tert-OH is 1. The molecule has 12 heteroatoms. The fourth-order valence-electron chi connectivity index (χ4n) is 4.68. The number of allylic oxidation sites excluding steroid dienone is 1. The van der Waals surface area contributed by atoms with E-state index in [4.69, 9.17) is 9.72 Å². The van der Waals surface area contributed by atoms with Crippen LogP contribution in [-0.2, 0) is 13.1 Å². The number of fused-ring (bicyclic) bond motifs is 1. The van der Waals surface area contributed by atoms with Crippen molar-refractivity contribution in [3.8, 4) is 17.3 Å². The first kappa shape index (κ1) is 27.4. The minimum atomic E-state index is -2.89. The van der Waals surface area contributed by atoms with Crippen LogP contribution in [0.2, 0.25) is 0 Å². The van der Waals surface area contributed by atoms with Crippen LogP contribution >= 0.6 is 0 Å². The predicted molar refractivity (Wildman–Crippen MR) is 142 cm³/mol. The molecule has 1 fully saturated rings. The number of nitrogens with zero attached hydrogens (tertiary/aromatic N) is 5. The Morgan fingerprint density at radius 2 is 1.90 bits per heavy atom. The Morgan fingerprint density at radius 3 is 2.52 bits per heavy atom. The monoisotopic (exact) mass is 555 g/mol. The number of alkyl halides is 2. The third kappa shape index (κ3) is 4.94. The van der Waals surface area contributed by atoms with Gasteiger partial charge in [0.1, 0.15) is 17.4 Å². The summed E-state index contributed by atoms with van der Waals surface area (Å²) >= 11 is 0. The Balaban J connectivity index is 1.76. The van der Waals surface area contributed by atoms with E-state index in [1.54, 1.807) is 42.7 Å².